The van der Waals surface area contributed by atoms with Gasteiger partial charge in [0.25, 0.3) is 5.91 Å². The summed E-state index contributed by atoms with van der Waals surface area (Å²) in [6.45, 7) is 8.16. The SMILES string of the molecule is C=CCO[C@H]1[C@H](C)OC(=O)[C@@H](NC(=O)c2nccc(OC)c2O)COC[C@@H]1OCCCC. The molecular weight excluding hydrogens is 420 g/mol. The molecule has 1 amide bonds. The highest BCUT2D eigenvalue weighted by atomic mass is 16.6. The third-order valence-corrected chi connectivity index (χ3v) is 4.85. The molecule has 0 saturated carbocycles. The lowest BCUT2D eigenvalue weighted by Crippen LogP contribution is -2.47. The number of nitrogens with one attached hydrogen (secondary N) is 1. The van der Waals surface area contributed by atoms with Gasteiger partial charge >= 0.3 is 5.97 Å². The van der Waals surface area contributed by atoms with Gasteiger partial charge in [0.1, 0.15) is 18.3 Å². The number of ether oxygens (including phenoxy) is 5. The van der Waals surface area contributed by atoms with E-state index >= 15 is 0 Å². The number of hydrogen-bond donors (Lipinski definition) is 2. The molecule has 178 valence electrons. The van der Waals surface area contributed by atoms with Gasteiger partial charge in [0.15, 0.2) is 23.2 Å². The molecule has 0 spiro atoms. The van der Waals surface area contributed by atoms with Gasteiger partial charge in [0.05, 0.1) is 26.9 Å². The van der Waals surface area contributed by atoms with Gasteiger partial charge in [0, 0.05) is 18.9 Å². The maximum absolute atomic E-state index is 12.8. The first kappa shape index (κ1) is 25.6. The number of cyclic esters (lactones) is 1. The van der Waals surface area contributed by atoms with Crippen LogP contribution in [0, 0.1) is 0 Å². The molecular formula is C22H32N2O8. The summed E-state index contributed by atoms with van der Waals surface area (Å²) >= 11 is 0. The summed E-state index contributed by atoms with van der Waals surface area (Å²) in [6, 6.07) is 0.291. The van der Waals surface area contributed by atoms with Crippen LogP contribution in [0.1, 0.15) is 37.2 Å². The Kier molecular flexibility index (Phi) is 10.4. The molecule has 1 aromatic heterocycles. The van der Waals surface area contributed by atoms with E-state index in [1.807, 2.05) is 0 Å². The average molecular weight is 453 g/mol. The molecule has 1 saturated heterocycles. The molecule has 0 radical (unpaired) electrons. The van der Waals surface area contributed by atoms with Gasteiger partial charge in [-0.25, -0.2) is 9.78 Å². The standard InChI is InChI=1S/C22H32N2O8/c1-5-7-11-30-17-13-29-12-15(22(27)32-14(3)20(17)31-10-6-2)24-21(26)18-19(25)16(28-4)8-9-23-18/h6,8-9,14-15,17,20,25H,2,5,7,10-13H2,1,3-4H3,(H,24,26)/t14-,15-,17-,20-/m0/s1. The van der Waals surface area contributed by atoms with E-state index in [2.05, 4.69) is 23.8 Å². The summed E-state index contributed by atoms with van der Waals surface area (Å²) in [4.78, 5) is 29.3. The smallest absolute Gasteiger partial charge is 0.331 e. The van der Waals surface area contributed by atoms with Crippen LogP contribution < -0.4 is 10.1 Å². The molecule has 2 N–H and O–H groups in total. The van der Waals surface area contributed by atoms with Gasteiger partial charge in [-0.2, -0.15) is 0 Å². The minimum atomic E-state index is -1.12. The Morgan fingerprint density at radius 3 is 2.88 bits per heavy atom. The van der Waals surface area contributed by atoms with Crippen molar-refractivity contribution >= 4 is 11.9 Å². The topological polar surface area (TPSA) is 125 Å². The van der Waals surface area contributed by atoms with Crippen LogP contribution in [0.2, 0.25) is 0 Å². The minimum Gasteiger partial charge on any atom is -0.503 e. The van der Waals surface area contributed by atoms with Crippen LogP contribution >= 0.6 is 0 Å². The van der Waals surface area contributed by atoms with Gasteiger partial charge in [-0.15, -0.1) is 6.58 Å². The van der Waals surface area contributed by atoms with E-state index < -0.39 is 42.0 Å². The van der Waals surface area contributed by atoms with Crippen molar-refractivity contribution in [2.75, 3.05) is 33.5 Å². The first-order valence-corrected chi connectivity index (χ1v) is 10.6. The van der Waals surface area contributed by atoms with E-state index in [0.29, 0.717) is 6.61 Å². The second kappa shape index (κ2) is 13.0. The Labute approximate surface area is 187 Å². The molecule has 32 heavy (non-hydrogen) atoms. The molecule has 10 nitrogen and oxygen atoms in total. The molecule has 0 aromatic carbocycles. The van der Waals surface area contributed by atoms with Crippen molar-refractivity contribution in [3.05, 3.63) is 30.6 Å². The zero-order chi connectivity index (χ0) is 23.5. The Hall–Kier alpha value is -2.69. The summed E-state index contributed by atoms with van der Waals surface area (Å²) in [5.41, 5.74) is -0.280. The highest BCUT2D eigenvalue weighted by Gasteiger charge is 2.36. The number of rotatable bonds is 10. The molecule has 10 heteroatoms. The molecule has 0 aliphatic carbocycles. The number of aromatic nitrogens is 1. The molecule has 4 atom stereocenters. The molecule has 1 aromatic rings. The molecule has 0 unspecified atom stereocenters. The maximum atomic E-state index is 12.8. The second-order valence-corrected chi connectivity index (χ2v) is 7.27. The van der Waals surface area contributed by atoms with Crippen LogP contribution in [-0.4, -0.2) is 79.9 Å². The van der Waals surface area contributed by atoms with Crippen molar-refractivity contribution in [3.63, 3.8) is 0 Å². The molecule has 1 aliphatic heterocycles. The van der Waals surface area contributed by atoms with Crippen LogP contribution in [0.25, 0.3) is 0 Å². The number of nitrogens with zero attached hydrogens (tertiary/aromatic N) is 1. The quantitative estimate of drug-likeness (QED) is 0.309. The number of pyridine rings is 1. The van der Waals surface area contributed by atoms with Crippen LogP contribution in [-0.2, 0) is 23.7 Å². The highest BCUT2D eigenvalue weighted by Crippen LogP contribution is 2.27. The monoisotopic (exact) mass is 452 g/mol. The molecule has 0 bridgehead atoms. The van der Waals surface area contributed by atoms with Crippen LogP contribution in [0.3, 0.4) is 0 Å². The van der Waals surface area contributed by atoms with Gasteiger partial charge in [-0.05, 0) is 13.3 Å². The maximum Gasteiger partial charge on any atom is 0.331 e. The lowest BCUT2D eigenvalue weighted by Gasteiger charge is -2.30. The summed E-state index contributed by atoms with van der Waals surface area (Å²) in [6.07, 6.45) is 3.04. The van der Waals surface area contributed by atoms with Crippen molar-refractivity contribution in [1.82, 2.24) is 10.3 Å². The Bertz CT molecular complexity index is 772. The minimum absolute atomic E-state index is 0.0846. The number of esters is 1. The fourth-order valence-corrected chi connectivity index (χ4v) is 3.14. The first-order chi connectivity index (χ1) is 15.4. The van der Waals surface area contributed by atoms with Crippen LogP contribution in [0.4, 0.5) is 0 Å². The average Bonchev–Trinajstić information content (AvgIpc) is 2.82. The van der Waals surface area contributed by atoms with Crippen molar-refractivity contribution in [2.24, 2.45) is 0 Å². The van der Waals surface area contributed by atoms with Crippen molar-refractivity contribution in [3.8, 4) is 11.5 Å². The number of methoxy groups -OCH3 is 1. The van der Waals surface area contributed by atoms with Gasteiger partial charge in [-0.1, -0.05) is 19.4 Å². The number of amides is 1. The lowest BCUT2D eigenvalue weighted by molar-refractivity contribution is -0.166. The predicted molar refractivity (Wildman–Crippen MR) is 115 cm³/mol. The number of carbonyl (C=O) groups is 2. The van der Waals surface area contributed by atoms with Crippen molar-refractivity contribution in [1.29, 1.82) is 0 Å². The number of aromatic hydroxyl groups is 1. The van der Waals surface area contributed by atoms with E-state index in [9.17, 15) is 14.7 Å². The number of carbonyl (C=O) groups excluding carboxylic acids is 2. The molecule has 1 aliphatic rings. The third kappa shape index (κ3) is 6.91. The fourth-order valence-electron chi connectivity index (χ4n) is 3.14. The number of hydrogen-bond acceptors (Lipinski definition) is 9. The van der Waals surface area contributed by atoms with E-state index in [-0.39, 0.29) is 31.3 Å². The number of unbranched alkanes of at least 4 members (excludes halogenated alkanes) is 1. The van der Waals surface area contributed by atoms with E-state index in [4.69, 9.17) is 23.7 Å². The van der Waals surface area contributed by atoms with Gasteiger partial charge in [0.2, 0.25) is 0 Å². The molecule has 1 fully saturated rings. The summed E-state index contributed by atoms with van der Waals surface area (Å²) in [7, 11) is 1.35. The van der Waals surface area contributed by atoms with E-state index in [1.165, 1.54) is 19.4 Å². The lowest BCUT2D eigenvalue weighted by atomic mass is 10.1. The molecule has 2 rings (SSSR count). The largest absolute Gasteiger partial charge is 0.503 e. The van der Waals surface area contributed by atoms with Crippen molar-refractivity contribution < 1.29 is 38.4 Å². The Balaban J connectivity index is 2.15. The van der Waals surface area contributed by atoms with Crippen LogP contribution in [0.15, 0.2) is 24.9 Å². The van der Waals surface area contributed by atoms with Crippen LogP contribution in [0.5, 0.6) is 11.5 Å². The summed E-state index contributed by atoms with van der Waals surface area (Å²) in [5.74, 6) is -1.81. The van der Waals surface area contributed by atoms with Crippen molar-refractivity contribution in [2.45, 2.75) is 51.0 Å². The highest BCUT2D eigenvalue weighted by molar-refractivity contribution is 5.98. The summed E-state index contributed by atoms with van der Waals surface area (Å²) in [5, 5.41) is 12.7. The zero-order valence-corrected chi connectivity index (χ0v) is 18.7. The van der Waals surface area contributed by atoms with Gasteiger partial charge in [-0.3, -0.25) is 4.79 Å². The Morgan fingerprint density at radius 1 is 1.41 bits per heavy atom. The third-order valence-electron chi connectivity index (χ3n) is 4.85. The summed E-state index contributed by atoms with van der Waals surface area (Å²) < 4.78 is 28.0. The van der Waals surface area contributed by atoms with E-state index in [1.54, 1.807) is 13.0 Å². The van der Waals surface area contributed by atoms with Gasteiger partial charge < -0.3 is 34.1 Å². The predicted octanol–water partition coefficient (Wildman–Crippen LogP) is 1.61. The Morgan fingerprint density at radius 2 is 2.19 bits per heavy atom. The zero-order valence-electron chi connectivity index (χ0n) is 18.7. The molecule has 2 heterocycles. The second-order valence-electron chi connectivity index (χ2n) is 7.27. The first-order valence-electron chi connectivity index (χ1n) is 10.6. The normalized spacial score (nSPS) is 23.9. The fraction of sp³-hybridized carbons (Fsp3) is 0.591. The van der Waals surface area contributed by atoms with E-state index in [0.717, 1.165) is 12.8 Å².